The van der Waals surface area contributed by atoms with E-state index in [0.29, 0.717) is 44.2 Å². The highest BCUT2D eigenvalue weighted by Gasteiger charge is 2.57. The summed E-state index contributed by atoms with van der Waals surface area (Å²) < 4.78 is 32.5. The van der Waals surface area contributed by atoms with Crippen molar-refractivity contribution in [3.63, 3.8) is 0 Å². The molecule has 2 saturated heterocycles. The molecule has 1 amide bonds. The molecule has 2 aliphatic heterocycles. The number of likely N-dealkylation sites (tertiary alicyclic amines) is 1. The van der Waals surface area contributed by atoms with E-state index in [-0.39, 0.29) is 28.8 Å². The van der Waals surface area contributed by atoms with Crippen molar-refractivity contribution in [2.45, 2.75) is 40.9 Å². The molecule has 3 fully saturated rings. The maximum absolute atomic E-state index is 13.6. The van der Waals surface area contributed by atoms with E-state index in [9.17, 15) is 23.1 Å². The van der Waals surface area contributed by atoms with Crippen molar-refractivity contribution in [1.82, 2.24) is 4.90 Å². The predicted octanol–water partition coefficient (Wildman–Crippen LogP) is 3.39. The summed E-state index contributed by atoms with van der Waals surface area (Å²) in [6, 6.07) is 10.5. The number of anilines is 1. The summed E-state index contributed by atoms with van der Waals surface area (Å²) in [4.78, 5) is 28.9. The quantitative estimate of drug-likeness (QED) is 0.585. The number of rotatable bonds is 6. The van der Waals surface area contributed by atoms with Gasteiger partial charge in [0.1, 0.15) is 6.04 Å². The predicted molar refractivity (Wildman–Crippen MR) is 136 cm³/mol. The van der Waals surface area contributed by atoms with Crippen LogP contribution in [0, 0.1) is 0 Å². The number of hydrogen-bond acceptors (Lipinski definition) is 6. The summed E-state index contributed by atoms with van der Waals surface area (Å²) in [5.41, 5.74) is 0.718. The van der Waals surface area contributed by atoms with Crippen molar-refractivity contribution < 1.29 is 27.9 Å². The van der Waals surface area contributed by atoms with Crippen LogP contribution in [0.1, 0.15) is 24.8 Å². The van der Waals surface area contributed by atoms with Crippen LogP contribution in [0.5, 0.6) is 0 Å². The monoisotopic (exact) mass is 552 g/mol. The van der Waals surface area contributed by atoms with Gasteiger partial charge >= 0.3 is 5.97 Å². The van der Waals surface area contributed by atoms with Gasteiger partial charge in [-0.1, -0.05) is 35.3 Å². The molecule has 0 unspecified atom stereocenters. The highest BCUT2D eigenvalue weighted by Crippen LogP contribution is 2.51. The van der Waals surface area contributed by atoms with Gasteiger partial charge in [0.05, 0.1) is 33.8 Å². The molecule has 1 aliphatic carbocycles. The number of hydrogen-bond donors (Lipinski definition) is 1. The number of benzene rings is 2. The van der Waals surface area contributed by atoms with E-state index in [2.05, 4.69) is 4.90 Å². The van der Waals surface area contributed by atoms with Crippen molar-refractivity contribution in [2.75, 3.05) is 37.7 Å². The highest BCUT2D eigenvalue weighted by atomic mass is 35.5. The Kier molecular flexibility index (Phi) is 6.70. The summed E-state index contributed by atoms with van der Waals surface area (Å²) in [6.45, 7) is 2.32. The Labute approximate surface area is 219 Å². The number of carboxylic acids is 1. The molecule has 0 aromatic heterocycles. The maximum atomic E-state index is 13.6. The normalized spacial score (nSPS) is 23.5. The molecule has 0 radical (unpaired) electrons. The van der Waals surface area contributed by atoms with Gasteiger partial charge in [-0.25, -0.2) is 13.2 Å². The lowest BCUT2D eigenvalue weighted by molar-refractivity contribution is -0.149. The first kappa shape index (κ1) is 25.3. The SMILES string of the molecule is O=C(O)[C@@H]1C[C@@H](S(=O)(=O)c2ccc(N3CCOCC3)cc2Cl)CN1C(=O)C1(c2ccc(Cl)cc2)CC1. The van der Waals surface area contributed by atoms with E-state index in [1.54, 1.807) is 36.4 Å². The Balaban J connectivity index is 1.40. The molecular formula is C25H26Cl2N2O6S. The minimum absolute atomic E-state index is 0.0524. The summed E-state index contributed by atoms with van der Waals surface area (Å²) >= 11 is 12.4. The second-order valence-corrected chi connectivity index (χ2v) is 12.6. The third-order valence-corrected chi connectivity index (χ3v) is 10.3. The standard InChI is InChI=1S/C25H26Cl2N2O6S/c26-17-3-1-16(2-4-17)25(7-8-25)24(32)29-15-19(14-21(29)23(30)31)36(33,34)22-6-5-18(13-20(22)27)28-9-11-35-12-10-28/h1-6,13,19,21H,7-12,14-15H2,(H,30,31)/t19-,21+/m1/s1. The molecule has 2 aromatic rings. The molecule has 1 saturated carbocycles. The minimum Gasteiger partial charge on any atom is -0.480 e. The zero-order valence-electron chi connectivity index (χ0n) is 19.4. The summed E-state index contributed by atoms with van der Waals surface area (Å²) in [5, 5.41) is 9.41. The smallest absolute Gasteiger partial charge is 0.326 e. The fraction of sp³-hybridized carbons (Fsp3) is 0.440. The van der Waals surface area contributed by atoms with Crippen LogP contribution >= 0.6 is 23.2 Å². The van der Waals surface area contributed by atoms with Crippen molar-refractivity contribution in [1.29, 1.82) is 0 Å². The van der Waals surface area contributed by atoms with Crippen molar-refractivity contribution in [3.05, 3.63) is 58.1 Å². The Morgan fingerprint density at radius 3 is 2.28 bits per heavy atom. The molecular weight excluding hydrogens is 527 g/mol. The van der Waals surface area contributed by atoms with Gasteiger partial charge in [0.15, 0.2) is 9.84 Å². The number of aliphatic carboxylic acids is 1. The molecule has 1 N–H and O–H groups in total. The Morgan fingerprint density at radius 2 is 1.69 bits per heavy atom. The van der Waals surface area contributed by atoms with Gasteiger partial charge < -0.3 is 19.6 Å². The van der Waals surface area contributed by atoms with Crippen molar-refractivity contribution in [2.24, 2.45) is 0 Å². The van der Waals surface area contributed by atoms with E-state index in [1.165, 1.54) is 11.0 Å². The Hall–Kier alpha value is -2.33. The lowest BCUT2D eigenvalue weighted by Crippen LogP contribution is -2.46. The second kappa shape index (κ2) is 9.52. The van der Waals surface area contributed by atoms with Gasteiger partial charge in [-0.05, 0) is 55.2 Å². The van der Waals surface area contributed by atoms with E-state index in [1.807, 2.05) is 0 Å². The molecule has 2 atom stereocenters. The van der Waals surface area contributed by atoms with Crippen LogP contribution in [0.3, 0.4) is 0 Å². The topological polar surface area (TPSA) is 104 Å². The van der Waals surface area contributed by atoms with Crippen molar-refractivity contribution in [3.8, 4) is 0 Å². The zero-order valence-corrected chi connectivity index (χ0v) is 21.7. The average Bonchev–Trinajstić information content (AvgIpc) is 3.54. The van der Waals surface area contributed by atoms with Crippen LogP contribution in [-0.4, -0.2) is 74.4 Å². The van der Waals surface area contributed by atoms with Gasteiger partial charge in [-0.2, -0.15) is 0 Å². The molecule has 36 heavy (non-hydrogen) atoms. The molecule has 2 aromatic carbocycles. The Bertz CT molecular complexity index is 1290. The van der Waals surface area contributed by atoms with Gasteiger partial charge in [-0.3, -0.25) is 4.79 Å². The number of amides is 1. The number of ether oxygens (including phenoxy) is 1. The van der Waals surface area contributed by atoms with E-state index < -0.39 is 32.5 Å². The van der Waals surface area contributed by atoms with Crippen molar-refractivity contribution >= 4 is 50.6 Å². The number of carbonyl (C=O) groups excluding carboxylic acids is 1. The van der Waals surface area contributed by atoms with Crippen LogP contribution in [0.25, 0.3) is 0 Å². The van der Waals surface area contributed by atoms with Crippen LogP contribution in [-0.2, 0) is 29.6 Å². The molecule has 3 aliphatic rings. The number of halogens is 2. The van der Waals surface area contributed by atoms with Gasteiger partial charge in [0.25, 0.3) is 0 Å². The number of nitrogens with zero attached hydrogens (tertiary/aromatic N) is 2. The fourth-order valence-electron chi connectivity index (χ4n) is 5.19. The first-order valence-corrected chi connectivity index (χ1v) is 14.1. The molecule has 0 bridgehead atoms. The van der Waals surface area contributed by atoms with E-state index in [4.69, 9.17) is 27.9 Å². The summed E-state index contributed by atoms with van der Waals surface area (Å²) in [6.07, 6.45) is 0.951. The molecule has 0 spiro atoms. The molecule has 8 nitrogen and oxygen atoms in total. The number of morpholine rings is 1. The lowest BCUT2D eigenvalue weighted by Gasteiger charge is -2.29. The first-order chi connectivity index (χ1) is 17.1. The summed E-state index contributed by atoms with van der Waals surface area (Å²) in [7, 11) is -3.99. The number of carbonyl (C=O) groups is 2. The average molecular weight is 553 g/mol. The van der Waals surface area contributed by atoms with E-state index >= 15 is 0 Å². The fourth-order valence-corrected chi connectivity index (χ4v) is 7.56. The second-order valence-electron chi connectivity index (χ2n) is 9.52. The molecule has 5 rings (SSSR count). The molecule has 192 valence electrons. The highest BCUT2D eigenvalue weighted by molar-refractivity contribution is 7.92. The minimum atomic E-state index is -3.99. The Morgan fingerprint density at radius 1 is 1.03 bits per heavy atom. The van der Waals surface area contributed by atoms with Crippen LogP contribution in [0.4, 0.5) is 5.69 Å². The summed E-state index contributed by atoms with van der Waals surface area (Å²) in [5.74, 6) is -1.58. The largest absolute Gasteiger partial charge is 0.480 e. The third-order valence-electron chi connectivity index (χ3n) is 7.40. The van der Waals surface area contributed by atoms with Gasteiger partial charge in [-0.15, -0.1) is 0 Å². The van der Waals surface area contributed by atoms with Crippen LogP contribution in [0.2, 0.25) is 10.0 Å². The number of carboxylic acid groups (broad SMARTS) is 1. The lowest BCUT2D eigenvalue weighted by atomic mass is 9.94. The number of sulfone groups is 1. The van der Waals surface area contributed by atoms with Gasteiger partial charge in [0.2, 0.25) is 5.91 Å². The van der Waals surface area contributed by atoms with Crippen LogP contribution in [0.15, 0.2) is 47.4 Å². The molecule has 11 heteroatoms. The van der Waals surface area contributed by atoms with Gasteiger partial charge in [0, 0.05) is 30.3 Å². The zero-order chi connectivity index (χ0) is 25.7. The maximum Gasteiger partial charge on any atom is 0.326 e. The molecule has 2 heterocycles. The van der Waals surface area contributed by atoms with E-state index in [0.717, 1.165) is 11.3 Å². The first-order valence-electron chi connectivity index (χ1n) is 11.8. The third kappa shape index (κ3) is 4.47. The van der Waals surface area contributed by atoms with Crippen LogP contribution < -0.4 is 4.90 Å².